The van der Waals surface area contributed by atoms with Crippen LogP contribution in [0.5, 0.6) is 0 Å². The van der Waals surface area contributed by atoms with Crippen molar-refractivity contribution in [3.63, 3.8) is 0 Å². The standard InChI is InChI=1S/C9H15NO2/c11-9(7-1-3-10-5-7)8-2-4-12-6-8/h6-7,9-11H,1-5H2. The topological polar surface area (TPSA) is 41.5 Å². The molecule has 2 rings (SSSR count). The summed E-state index contributed by atoms with van der Waals surface area (Å²) in [5, 5.41) is 13.1. The zero-order valence-corrected chi connectivity index (χ0v) is 7.12. The van der Waals surface area contributed by atoms with E-state index in [1.54, 1.807) is 6.26 Å². The Kier molecular flexibility index (Phi) is 2.33. The summed E-state index contributed by atoms with van der Waals surface area (Å²) in [6.45, 7) is 2.72. The van der Waals surface area contributed by atoms with Crippen molar-refractivity contribution in [2.75, 3.05) is 19.7 Å². The molecule has 2 heterocycles. The quantitative estimate of drug-likeness (QED) is 0.623. The van der Waals surface area contributed by atoms with E-state index in [1.807, 2.05) is 0 Å². The second kappa shape index (κ2) is 3.46. The first kappa shape index (κ1) is 8.08. The molecule has 2 atom stereocenters. The second-order valence-electron chi connectivity index (χ2n) is 3.51. The maximum atomic E-state index is 9.86. The average molecular weight is 169 g/mol. The van der Waals surface area contributed by atoms with E-state index in [2.05, 4.69) is 5.32 Å². The van der Waals surface area contributed by atoms with Crippen molar-refractivity contribution < 1.29 is 9.84 Å². The number of hydrogen-bond donors (Lipinski definition) is 2. The molecule has 0 aromatic carbocycles. The molecule has 3 nitrogen and oxygen atoms in total. The van der Waals surface area contributed by atoms with Crippen LogP contribution < -0.4 is 5.32 Å². The van der Waals surface area contributed by atoms with Crippen molar-refractivity contribution in [2.24, 2.45) is 5.92 Å². The predicted octanol–water partition coefficient (Wildman–Crippen LogP) is 0.261. The van der Waals surface area contributed by atoms with Crippen molar-refractivity contribution in [3.05, 3.63) is 11.8 Å². The third-order valence-corrected chi connectivity index (χ3v) is 2.67. The Balaban J connectivity index is 1.93. The lowest BCUT2D eigenvalue weighted by Gasteiger charge is -2.16. The molecule has 0 bridgehead atoms. The number of rotatable bonds is 2. The van der Waals surface area contributed by atoms with Crippen molar-refractivity contribution in [1.82, 2.24) is 5.32 Å². The Morgan fingerprint density at radius 2 is 2.58 bits per heavy atom. The van der Waals surface area contributed by atoms with Crippen molar-refractivity contribution in [2.45, 2.75) is 18.9 Å². The fourth-order valence-corrected chi connectivity index (χ4v) is 1.87. The summed E-state index contributed by atoms with van der Waals surface area (Å²) in [7, 11) is 0. The Morgan fingerprint density at radius 3 is 3.17 bits per heavy atom. The Morgan fingerprint density at radius 1 is 1.67 bits per heavy atom. The average Bonchev–Trinajstić information content (AvgIpc) is 2.77. The van der Waals surface area contributed by atoms with E-state index in [4.69, 9.17) is 4.74 Å². The first-order valence-corrected chi connectivity index (χ1v) is 4.57. The number of hydrogen-bond acceptors (Lipinski definition) is 3. The number of aliphatic hydroxyl groups excluding tert-OH is 1. The molecule has 2 N–H and O–H groups in total. The summed E-state index contributed by atoms with van der Waals surface area (Å²) in [6, 6.07) is 0. The maximum Gasteiger partial charge on any atom is 0.0912 e. The van der Waals surface area contributed by atoms with E-state index in [0.29, 0.717) is 5.92 Å². The van der Waals surface area contributed by atoms with Gasteiger partial charge in [-0.3, -0.25) is 0 Å². The van der Waals surface area contributed by atoms with Gasteiger partial charge in [-0.25, -0.2) is 0 Å². The third-order valence-electron chi connectivity index (χ3n) is 2.67. The summed E-state index contributed by atoms with van der Waals surface area (Å²) < 4.78 is 5.10. The highest BCUT2D eigenvalue weighted by molar-refractivity contribution is 5.10. The molecule has 1 fully saturated rings. The third kappa shape index (κ3) is 1.47. The molecule has 0 amide bonds. The lowest BCUT2D eigenvalue weighted by atomic mass is 9.95. The van der Waals surface area contributed by atoms with E-state index >= 15 is 0 Å². The summed E-state index contributed by atoms with van der Waals surface area (Å²) >= 11 is 0. The fraction of sp³-hybridized carbons (Fsp3) is 0.778. The van der Waals surface area contributed by atoms with Gasteiger partial charge in [-0.1, -0.05) is 0 Å². The van der Waals surface area contributed by atoms with Gasteiger partial charge in [0.05, 0.1) is 19.0 Å². The Bertz CT molecular complexity index is 185. The molecule has 0 aliphatic carbocycles. The first-order valence-electron chi connectivity index (χ1n) is 4.57. The molecule has 0 radical (unpaired) electrons. The molecule has 0 spiro atoms. The lowest BCUT2D eigenvalue weighted by Crippen LogP contribution is -2.24. The summed E-state index contributed by atoms with van der Waals surface area (Å²) in [5.74, 6) is 0.401. The molecule has 2 aliphatic rings. The van der Waals surface area contributed by atoms with Crippen LogP contribution in [0.2, 0.25) is 0 Å². The Labute approximate surface area is 72.4 Å². The van der Waals surface area contributed by atoms with Crippen LogP contribution in [0.1, 0.15) is 12.8 Å². The normalized spacial score (nSPS) is 31.4. The minimum atomic E-state index is -0.275. The van der Waals surface area contributed by atoms with Crippen LogP contribution in [0.3, 0.4) is 0 Å². The number of aliphatic hydroxyl groups is 1. The van der Waals surface area contributed by atoms with Crippen LogP contribution in [0.4, 0.5) is 0 Å². The van der Waals surface area contributed by atoms with Gasteiger partial charge >= 0.3 is 0 Å². The molecule has 0 aromatic rings. The summed E-state index contributed by atoms with van der Waals surface area (Å²) in [6.07, 6.45) is 3.43. The Hall–Kier alpha value is -0.540. The highest BCUT2D eigenvalue weighted by atomic mass is 16.5. The summed E-state index contributed by atoms with van der Waals surface area (Å²) in [4.78, 5) is 0. The van der Waals surface area contributed by atoms with Gasteiger partial charge in [0.2, 0.25) is 0 Å². The maximum absolute atomic E-state index is 9.86. The van der Waals surface area contributed by atoms with Crippen LogP contribution in [0.15, 0.2) is 11.8 Å². The van der Waals surface area contributed by atoms with E-state index in [9.17, 15) is 5.11 Å². The lowest BCUT2D eigenvalue weighted by molar-refractivity contribution is 0.149. The monoisotopic (exact) mass is 169 g/mol. The van der Waals surface area contributed by atoms with Crippen LogP contribution in [-0.4, -0.2) is 30.9 Å². The largest absolute Gasteiger partial charge is 0.501 e. The zero-order chi connectivity index (χ0) is 8.39. The molecular weight excluding hydrogens is 154 g/mol. The molecule has 0 aromatic heterocycles. The van der Waals surface area contributed by atoms with Gasteiger partial charge in [-0.05, 0) is 18.5 Å². The highest BCUT2D eigenvalue weighted by Gasteiger charge is 2.27. The van der Waals surface area contributed by atoms with Gasteiger partial charge in [0.25, 0.3) is 0 Å². The zero-order valence-electron chi connectivity index (χ0n) is 7.12. The van der Waals surface area contributed by atoms with E-state index in [-0.39, 0.29) is 6.10 Å². The van der Waals surface area contributed by atoms with Crippen LogP contribution in [0, 0.1) is 5.92 Å². The minimum absolute atomic E-state index is 0.275. The van der Waals surface area contributed by atoms with Gasteiger partial charge in [-0.2, -0.15) is 0 Å². The molecule has 2 unspecified atom stereocenters. The molecule has 12 heavy (non-hydrogen) atoms. The predicted molar refractivity (Wildman–Crippen MR) is 45.6 cm³/mol. The van der Waals surface area contributed by atoms with E-state index in [1.165, 1.54) is 0 Å². The van der Waals surface area contributed by atoms with E-state index in [0.717, 1.165) is 38.1 Å². The molecular formula is C9H15NO2. The van der Waals surface area contributed by atoms with Crippen LogP contribution >= 0.6 is 0 Å². The van der Waals surface area contributed by atoms with Gasteiger partial charge in [-0.15, -0.1) is 0 Å². The van der Waals surface area contributed by atoms with Crippen LogP contribution in [-0.2, 0) is 4.74 Å². The minimum Gasteiger partial charge on any atom is -0.501 e. The van der Waals surface area contributed by atoms with Gasteiger partial charge < -0.3 is 15.2 Å². The highest BCUT2D eigenvalue weighted by Crippen LogP contribution is 2.23. The van der Waals surface area contributed by atoms with Gasteiger partial charge in [0.1, 0.15) is 0 Å². The van der Waals surface area contributed by atoms with Crippen LogP contribution in [0.25, 0.3) is 0 Å². The van der Waals surface area contributed by atoms with E-state index < -0.39 is 0 Å². The summed E-state index contributed by atoms with van der Waals surface area (Å²) in [5.41, 5.74) is 1.07. The molecule has 0 saturated carbocycles. The van der Waals surface area contributed by atoms with Crippen molar-refractivity contribution in [3.8, 4) is 0 Å². The second-order valence-corrected chi connectivity index (χ2v) is 3.51. The smallest absolute Gasteiger partial charge is 0.0912 e. The SMILES string of the molecule is OC(C1=COCC1)C1CCNC1. The van der Waals surface area contributed by atoms with Crippen molar-refractivity contribution >= 4 is 0 Å². The molecule has 3 heteroatoms. The van der Waals surface area contributed by atoms with Gasteiger partial charge in [0, 0.05) is 18.9 Å². The number of ether oxygens (including phenoxy) is 1. The number of nitrogens with one attached hydrogen (secondary N) is 1. The first-order chi connectivity index (χ1) is 5.88. The fourth-order valence-electron chi connectivity index (χ4n) is 1.87. The molecule has 2 aliphatic heterocycles. The van der Waals surface area contributed by atoms with Crippen molar-refractivity contribution in [1.29, 1.82) is 0 Å². The van der Waals surface area contributed by atoms with Gasteiger partial charge in [0.15, 0.2) is 0 Å². The molecule has 1 saturated heterocycles. The molecule has 68 valence electrons.